The number of carbonyl (C=O) groups excluding carboxylic acids is 1. The van der Waals surface area contributed by atoms with Gasteiger partial charge in [0.15, 0.2) is 0 Å². The molecule has 0 radical (unpaired) electrons. The molecule has 0 aliphatic carbocycles. The summed E-state index contributed by atoms with van der Waals surface area (Å²) >= 11 is 0. The lowest BCUT2D eigenvalue weighted by Gasteiger charge is -2.25. The third-order valence-corrected chi connectivity index (χ3v) is 5.92. The van der Waals surface area contributed by atoms with E-state index in [2.05, 4.69) is 5.32 Å². The number of likely N-dealkylation sites (N-methyl/N-ethyl adjacent to an activating group) is 1. The quantitative estimate of drug-likeness (QED) is 0.577. The number of fused-ring (bicyclic) bond motifs is 1. The predicted molar refractivity (Wildman–Crippen MR) is 114 cm³/mol. The van der Waals surface area contributed by atoms with E-state index in [4.69, 9.17) is 4.74 Å². The summed E-state index contributed by atoms with van der Waals surface area (Å²) in [5.41, 5.74) is 0.605. The van der Waals surface area contributed by atoms with Gasteiger partial charge in [-0.15, -0.1) is 0 Å². The molecule has 6 nitrogen and oxygen atoms in total. The van der Waals surface area contributed by atoms with Crippen LogP contribution >= 0.6 is 0 Å². The molecule has 152 valence electrons. The minimum Gasteiger partial charge on any atom is -0.491 e. The smallest absolute Gasteiger partial charge is 0.243 e. The summed E-state index contributed by atoms with van der Waals surface area (Å²) in [5, 5.41) is 4.86. The lowest BCUT2D eigenvalue weighted by atomic mass is 10.1. The van der Waals surface area contributed by atoms with Gasteiger partial charge >= 0.3 is 0 Å². The van der Waals surface area contributed by atoms with Crippen LogP contribution in [0.1, 0.15) is 11.6 Å². The van der Waals surface area contributed by atoms with E-state index in [0.29, 0.717) is 5.56 Å². The largest absolute Gasteiger partial charge is 0.491 e. The first-order valence-electron chi connectivity index (χ1n) is 9.24. The van der Waals surface area contributed by atoms with E-state index in [-0.39, 0.29) is 13.2 Å². The monoisotopic (exact) mass is 412 g/mol. The third kappa shape index (κ3) is 5.13. The van der Waals surface area contributed by atoms with E-state index >= 15 is 0 Å². The average Bonchev–Trinajstić information content (AvgIpc) is 2.71. The van der Waals surface area contributed by atoms with Gasteiger partial charge in [-0.25, -0.2) is 8.42 Å². The number of benzene rings is 3. The van der Waals surface area contributed by atoms with Crippen LogP contribution in [0.5, 0.6) is 5.75 Å². The SMILES string of the molecule is CN(C(C(=O)NCCOc1cccc2ccccc12)c1ccccc1)S(C)(=O)=O. The van der Waals surface area contributed by atoms with E-state index in [9.17, 15) is 13.2 Å². The van der Waals surface area contributed by atoms with Crippen LogP contribution in [0.25, 0.3) is 10.8 Å². The van der Waals surface area contributed by atoms with Crippen molar-refractivity contribution in [1.82, 2.24) is 9.62 Å². The molecule has 1 N–H and O–H groups in total. The molecule has 0 heterocycles. The lowest BCUT2D eigenvalue weighted by molar-refractivity contribution is -0.124. The Labute approximate surface area is 171 Å². The second-order valence-electron chi connectivity index (χ2n) is 6.71. The molecule has 1 atom stereocenters. The molecule has 0 aromatic heterocycles. The lowest BCUT2D eigenvalue weighted by Crippen LogP contribution is -2.42. The van der Waals surface area contributed by atoms with Crippen molar-refractivity contribution in [2.24, 2.45) is 0 Å². The Morgan fingerprint density at radius 2 is 1.66 bits per heavy atom. The minimum absolute atomic E-state index is 0.253. The standard InChI is InChI=1S/C22H24N2O4S/c1-24(29(2,26)27)21(18-10-4-3-5-11-18)22(25)23-15-16-28-20-14-8-12-17-9-6-7-13-19(17)20/h3-14,21H,15-16H2,1-2H3,(H,23,25). The number of sulfonamides is 1. The number of nitrogens with one attached hydrogen (secondary N) is 1. The number of carbonyl (C=O) groups is 1. The zero-order valence-electron chi connectivity index (χ0n) is 16.4. The first-order valence-corrected chi connectivity index (χ1v) is 11.1. The van der Waals surface area contributed by atoms with E-state index in [1.165, 1.54) is 7.05 Å². The first-order chi connectivity index (χ1) is 13.9. The van der Waals surface area contributed by atoms with Gasteiger partial charge in [-0.3, -0.25) is 4.79 Å². The summed E-state index contributed by atoms with van der Waals surface area (Å²) in [6.07, 6.45) is 1.08. The molecule has 0 bridgehead atoms. The number of amides is 1. The number of rotatable bonds is 8. The molecule has 1 unspecified atom stereocenters. The van der Waals surface area contributed by atoms with Crippen molar-refractivity contribution in [3.8, 4) is 5.75 Å². The molecule has 0 saturated heterocycles. The second-order valence-corrected chi connectivity index (χ2v) is 8.75. The van der Waals surface area contributed by atoms with Gasteiger partial charge in [-0.2, -0.15) is 4.31 Å². The molecule has 3 aromatic carbocycles. The number of hydrogen-bond donors (Lipinski definition) is 1. The Morgan fingerprint density at radius 3 is 2.38 bits per heavy atom. The Balaban J connectivity index is 1.66. The highest BCUT2D eigenvalue weighted by Crippen LogP contribution is 2.25. The van der Waals surface area contributed by atoms with Gasteiger partial charge in [0.1, 0.15) is 18.4 Å². The highest BCUT2D eigenvalue weighted by molar-refractivity contribution is 7.88. The fraction of sp³-hybridized carbons (Fsp3) is 0.227. The molecular formula is C22H24N2O4S. The van der Waals surface area contributed by atoms with Crippen LogP contribution in [-0.2, 0) is 14.8 Å². The van der Waals surface area contributed by atoms with Gasteiger partial charge in [0.05, 0.1) is 12.8 Å². The van der Waals surface area contributed by atoms with Gasteiger partial charge in [-0.1, -0.05) is 66.7 Å². The van der Waals surface area contributed by atoms with Crippen LogP contribution in [0, 0.1) is 0 Å². The van der Waals surface area contributed by atoms with Crippen LogP contribution in [0.15, 0.2) is 72.8 Å². The summed E-state index contributed by atoms with van der Waals surface area (Å²) in [7, 11) is -2.15. The zero-order chi connectivity index (χ0) is 20.9. The van der Waals surface area contributed by atoms with Crippen molar-refractivity contribution in [2.45, 2.75) is 6.04 Å². The topological polar surface area (TPSA) is 75.7 Å². The molecule has 3 aromatic rings. The van der Waals surface area contributed by atoms with Gasteiger partial charge in [0.25, 0.3) is 0 Å². The van der Waals surface area contributed by atoms with Crippen LogP contribution in [-0.4, -0.2) is 45.1 Å². The maximum atomic E-state index is 12.8. The Bertz CT molecular complexity index is 1080. The average molecular weight is 413 g/mol. The third-order valence-electron chi connectivity index (χ3n) is 4.66. The fourth-order valence-corrected chi connectivity index (χ4v) is 3.71. The molecule has 0 saturated carbocycles. The van der Waals surface area contributed by atoms with Crippen LogP contribution in [0.3, 0.4) is 0 Å². The summed E-state index contributed by atoms with van der Waals surface area (Å²) in [4.78, 5) is 12.8. The highest BCUT2D eigenvalue weighted by atomic mass is 32.2. The molecule has 3 rings (SSSR count). The van der Waals surface area contributed by atoms with Gasteiger partial charge in [-0.05, 0) is 17.0 Å². The minimum atomic E-state index is -3.55. The summed E-state index contributed by atoms with van der Waals surface area (Å²) in [6, 6.07) is 21.6. The molecule has 0 fully saturated rings. The molecule has 29 heavy (non-hydrogen) atoms. The molecular weight excluding hydrogens is 388 g/mol. The molecule has 1 amide bonds. The number of hydrogen-bond acceptors (Lipinski definition) is 4. The van der Waals surface area contributed by atoms with Gasteiger partial charge in [0, 0.05) is 12.4 Å². The number of nitrogens with zero attached hydrogens (tertiary/aromatic N) is 1. The number of ether oxygens (including phenoxy) is 1. The predicted octanol–water partition coefficient (Wildman–Crippen LogP) is 2.97. The van der Waals surface area contributed by atoms with Gasteiger partial charge < -0.3 is 10.1 Å². The maximum Gasteiger partial charge on any atom is 0.243 e. The summed E-state index contributed by atoms with van der Waals surface area (Å²) < 4.78 is 30.9. The van der Waals surface area contributed by atoms with Crippen molar-refractivity contribution in [1.29, 1.82) is 0 Å². The van der Waals surface area contributed by atoms with E-state index in [1.54, 1.807) is 24.3 Å². The highest BCUT2D eigenvalue weighted by Gasteiger charge is 2.30. The molecule has 0 aliphatic rings. The maximum absolute atomic E-state index is 12.8. The molecule has 0 aliphatic heterocycles. The second kappa shape index (κ2) is 9.07. The van der Waals surface area contributed by atoms with E-state index in [0.717, 1.165) is 27.1 Å². The molecule has 0 spiro atoms. The summed E-state index contributed by atoms with van der Waals surface area (Å²) in [6.45, 7) is 0.521. The van der Waals surface area contributed by atoms with E-state index < -0.39 is 22.0 Å². The Morgan fingerprint density at radius 1 is 1.00 bits per heavy atom. The van der Waals surface area contributed by atoms with Crippen LogP contribution < -0.4 is 10.1 Å². The van der Waals surface area contributed by atoms with Crippen molar-refractivity contribution < 1.29 is 17.9 Å². The Kier molecular flexibility index (Phi) is 6.51. The van der Waals surface area contributed by atoms with Crippen LogP contribution in [0.4, 0.5) is 0 Å². The fourth-order valence-electron chi connectivity index (χ4n) is 3.11. The van der Waals surface area contributed by atoms with Gasteiger partial charge in [0.2, 0.25) is 15.9 Å². The summed E-state index contributed by atoms with van der Waals surface area (Å²) in [5.74, 6) is 0.343. The van der Waals surface area contributed by atoms with Crippen molar-refractivity contribution >= 4 is 26.7 Å². The van der Waals surface area contributed by atoms with E-state index in [1.807, 2.05) is 48.5 Å². The first kappa shape index (κ1) is 20.8. The van der Waals surface area contributed by atoms with Crippen molar-refractivity contribution in [2.75, 3.05) is 26.5 Å². The molecule has 7 heteroatoms. The Hall–Kier alpha value is -2.90. The van der Waals surface area contributed by atoms with Crippen LogP contribution in [0.2, 0.25) is 0 Å². The zero-order valence-corrected chi connectivity index (χ0v) is 17.2. The normalized spacial score (nSPS) is 12.7. The van der Waals surface area contributed by atoms with Crippen molar-refractivity contribution in [3.63, 3.8) is 0 Å². The van der Waals surface area contributed by atoms with Crippen molar-refractivity contribution in [3.05, 3.63) is 78.4 Å².